The van der Waals surface area contributed by atoms with E-state index in [1.54, 1.807) is 24.3 Å². The Morgan fingerprint density at radius 1 is 0.727 bits per heavy atom. The topological polar surface area (TPSA) is 82.1 Å². The Morgan fingerprint density at radius 3 is 1.85 bits per heavy atom. The van der Waals surface area contributed by atoms with Gasteiger partial charge in [0.25, 0.3) is 11.8 Å². The number of carbonyl (C=O) groups excluding carboxylic acids is 3. The van der Waals surface area contributed by atoms with Gasteiger partial charge in [0.15, 0.2) is 0 Å². The Morgan fingerprint density at radius 2 is 1.24 bits per heavy atom. The lowest BCUT2D eigenvalue weighted by molar-refractivity contribution is -0.145. The van der Waals surface area contributed by atoms with E-state index in [1.807, 2.05) is 0 Å². The molecule has 0 N–H and O–H groups in total. The van der Waals surface area contributed by atoms with E-state index >= 15 is 0 Å². The fraction of sp³-hybridized carbons (Fsp3) is 0.654. The number of hydrogen-bond acceptors (Lipinski definition) is 6. The molecule has 0 saturated carbocycles. The highest BCUT2D eigenvalue weighted by Gasteiger charge is 2.34. The van der Waals surface area contributed by atoms with Crippen molar-refractivity contribution >= 4 is 17.8 Å². The first-order chi connectivity index (χ1) is 16.1. The fourth-order valence-electron chi connectivity index (χ4n) is 3.79. The zero-order valence-corrected chi connectivity index (χ0v) is 20.0. The third-order valence-electron chi connectivity index (χ3n) is 5.68. The number of imide groups is 1. The van der Waals surface area contributed by atoms with Crippen molar-refractivity contribution in [3.8, 4) is 0 Å². The lowest BCUT2D eigenvalue weighted by Crippen LogP contribution is -2.33. The lowest BCUT2D eigenvalue weighted by Gasteiger charge is -2.13. The van der Waals surface area contributed by atoms with Crippen molar-refractivity contribution in [2.24, 2.45) is 0 Å². The number of carbonyl (C=O) groups is 3. The molecule has 1 aromatic rings. The second-order valence-electron chi connectivity index (χ2n) is 8.33. The van der Waals surface area contributed by atoms with Crippen LogP contribution in [0.5, 0.6) is 0 Å². The van der Waals surface area contributed by atoms with E-state index < -0.39 is 0 Å². The normalized spacial score (nSPS) is 12.9. The van der Waals surface area contributed by atoms with Gasteiger partial charge in [0.1, 0.15) is 6.61 Å². The predicted molar refractivity (Wildman–Crippen MR) is 126 cm³/mol. The van der Waals surface area contributed by atoms with Crippen LogP contribution in [0.3, 0.4) is 0 Å². The highest BCUT2D eigenvalue weighted by atomic mass is 16.6. The standard InChI is InChI=1S/C26H39NO6/c1-2-3-4-5-6-7-8-9-10-15-24(28)33-21-20-32-19-18-31-17-16-27-25(29)22-13-11-12-14-23(22)26(27)30/h11-14H,2-10,15-21H2,1H3. The zero-order chi connectivity index (χ0) is 23.7. The smallest absolute Gasteiger partial charge is 0.305 e. The van der Waals surface area contributed by atoms with E-state index in [-0.39, 0.29) is 37.5 Å². The first kappa shape index (κ1) is 27.0. The highest BCUT2D eigenvalue weighted by Crippen LogP contribution is 2.21. The first-order valence-electron chi connectivity index (χ1n) is 12.4. The molecule has 184 valence electrons. The molecule has 0 radical (unpaired) electrons. The number of benzene rings is 1. The van der Waals surface area contributed by atoms with E-state index in [2.05, 4.69) is 6.92 Å². The first-order valence-corrected chi connectivity index (χ1v) is 12.4. The number of rotatable bonds is 19. The van der Waals surface area contributed by atoms with Crippen molar-refractivity contribution in [2.75, 3.05) is 39.6 Å². The molecule has 1 aliphatic rings. The summed E-state index contributed by atoms with van der Waals surface area (Å²) in [6.07, 6.45) is 11.5. The number of amides is 2. The zero-order valence-electron chi connectivity index (χ0n) is 20.0. The average molecular weight is 462 g/mol. The number of esters is 1. The van der Waals surface area contributed by atoms with Gasteiger partial charge in [0, 0.05) is 6.42 Å². The summed E-state index contributed by atoms with van der Waals surface area (Å²) in [5.74, 6) is -0.724. The maximum atomic E-state index is 12.2. The van der Waals surface area contributed by atoms with Crippen molar-refractivity contribution in [2.45, 2.75) is 71.1 Å². The molecule has 33 heavy (non-hydrogen) atoms. The molecular weight excluding hydrogens is 422 g/mol. The van der Waals surface area contributed by atoms with Crippen LogP contribution in [-0.2, 0) is 19.0 Å². The average Bonchev–Trinajstić information content (AvgIpc) is 3.06. The Hall–Kier alpha value is -2.25. The van der Waals surface area contributed by atoms with Gasteiger partial charge >= 0.3 is 5.97 Å². The van der Waals surface area contributed by atoms with Gasteiger partial charge in [-0.3, -0.25) is 19.3 Å². The molecule has 0 spiro atoms. The number of ether oxygens (including phenoxy) is 3. The second-order valence-corrected chi connectivity index (χ2v) is 8.33. The van der Waals surface area contributed by atoms with Gasteiger partial charge in [-0.1, -0.05) is 70.4 Å². The van der Waals surface area contributed by atoms with Crippen LogP contribution in [0.25, 0.3) is 0 Å². The van der Waals surface area contributed by atoms with E-state index in [9.17, 15) is 14.4 Å². The molecule has 0 aromatic heterocycles. The molecule has 0 fully saturated rings. The molecule has 7 nitrogen and oxygen atoms in total. The quantitative estimate of drug-likeness (QED) is 0.168. The maximum Gasteiger partial charge on any atom is 0.305 e. The summed E-state index contributed by atoms with van der Waals surface area (Å²) < 4.78 is 16.0. The Bertz CT molecular complexity index is 700. The molecule has 0 aliphatic carbocycles. The summed E-state index contributed by atoms with van der Waals surface area (Å²) in [6, 6.07) is 6.81. The monoisotopic (exact) mass is 461 g/mol. The van der Waals surface area contributed by atoms with Crippen molar-refractivity contribution < 1.29 is 28.6 Å². The summed E-state index contributed by atoms with van der Waals surface area (Å²) in [4.78, 5) is 37.4. The van der Waals surface area contributed by atoms with Crippen LogP contribution < -0.4 is 0 Å². The third kappa shape index (κ3) is 10.0. The van der Waals surface area contributed by atoms with E-state index in [0.717, 1.165) is 12.8 Å². The molecule has 1 aromatic carbocycles. The van der Waals surface area contributed by atoms with Gasteiger partial charge in [-0.15, -0.1) is 0 Å². The molecule has 7 heteroatoms. The van der Waals surface area contributed by atoms with E-state index in [0.29, 0.717) is 37.4 Å². The van der Waals surface area contributed by atoms with Crippen molar-refractivity contribution in [1.82, 2.24) is 4.90 Å². The molecule has 0 unspecified atom stereocenters. The van der Waals surface area contributed by atoms with E-state index in [4.69, 9.17) is 14.2 Å². The van der Waals surface area contributed by atoms with Gasteiger partial charge in [-0.2, -0.15) is 0 Å². The molecule has 1 aliphatic heterocycles. The Labute approximate surface area is 197 Å². The van der Waals surface area contributed by atoms with Crippen LogP contribution >= 0.6 is 0 Å². The molecular formula is C26H39NO6. The fourth-order valence-corrected chi connectivity index (χ4v) is 3.79. The number of nitrogens with zero attached hydrogens (tertiary/aromatic N) is 1. The number of fused-ring (bicyclic) bond motifs is 1. The summed E-state index contributed by atoms with van der Waals surface area (Å²) in [6.45, 7) is 3.96. The molecule has 2 rings (SSSR count). The largest absolute Gasteiger partial charge is 0.463 e. The third-order valence-corrected chi connectivity index (χ3v) is 5.68. The van der Waals surface area contributed by atoms with Gasteiger partial charge in [-0.25, -0.2) is 0 Å². The van der Waals surface area contributed by atoms with Crippen LogP contribution in [0.15, 0.2) is 24.3 Å². The molecule has 0 atom stereocenters. The van der Waals surface area contributed by atoms with Crippen LogP contribution in [-0.4, -0.2) is 62.3 Å². The molecule has 2 amide bonds. The van der Waals surface area contributed by atoms with E-state index in [1.165, 1.54) is 49.8 Å². The van der Waals surface area contributed by atoms with Crippen LogP contribution in [0.4, 0.5) is 0 Å². The van der Waals surface area contributed by atoms with Gasteiger partial charge in [0.2, 0.25) is 0 Å². The van der Waals surface area contributed by atoms with Crippen LogP contribution in [0.1, 0.15) is 91.8 Å². The van der Waals surface area contributed by atoms with Crippen LogP contribution in [0.2, 0.25) is 0 Å². The minimum absolute atomic E-state index is 0.168. The minimum atomic E-state index is -0.278. The summed E-state index contributed by atoms with van der Waals surface area (Å²) in [5.41, 5.74) is 0.886. The predicted octanol–water partition coefficient (Wildman–Crippen LogP) is 4.78. The van der Waals surface area contributed by atoms with Crippen LogP contribution in [0, 0.1) is 0 Å². The van der Waals surface area contributed by atoms with Crippen molar-refractivity contribution in [3.05, 3.63) is 35.4 Å². The second kappa shape index (κ2) is 16.4. The number of unbranched alkanes of at least 4 members (excludes halogenated alkanes) is 8. The molecule has 0 saturated heterocycles. The molecule has 0 bridgehead atoms. The Kier molecular flexibility index (Phi) is 13.4. The van der Waals surface area contributed by atoms with Gasteiger partial charge < -0.3 is 14.2 Å². The summed E-state index contributed by atoms with van der Waals surface area (Å²) in [7, 11) is 0. The van der Waals surface area contributed by atoms with Crippen molar-refractivity contribution in [1.29, 1.82) is 0 Å². The summed E-state index contributed by atoms with van der Waals surface area (Å²) >= 11 is 0. The van der Waals surface area contributed by atoms with Gasteiger partial charge in [0.05, 0.1) is 44.1 Å². The SMILES string of the molecule is CCCCCCCCCCCC(=O)OCCOCCOCCN1C(=O)c2ccccc2C1=O. The minimum Gasteiger partial charge on any atom is -0.463 e. The lowest BCUT2D eigenvalue weighted by atomic mass is 10.1. The van der Waals surface area contributed by atoms with Gasteiger partial charge in [-0.05, 0) is 18.6 Å². The van der Waals surface area contributed by atoms with Crippen molar-refractivity contribution in [3.63, 3.8) is 0 Å². The Balaban J connectivity index is 1.36. The maximum absolute atomic E-state index is 12.2. The molecule has 1 heterocycles. The number of hydrogen-bond donors (Lipinski definition) is 0. The highest BCUT2D eigenvalue weighted by molar-refractivity contribution is 6.21. The summed E-state index contributed by atoms with van der Waals surface area (Å²) in [5, 5.41) is 0.